The second-order valence-corrected chi connectivity index (χ2v) is 6.38. The summed E-state index contributed by atoms with van der Waals surface area (Å²) in [4.78, 5) is 26.7. The second kappa shape index (κ2) is 9.33. The highest BCUT2D eigenvalue weighted by molar-refractivity contribution is 9.10. The molecule has 0 unspecified atom stereocenters. The summed E-state index contributed by atoms with van der Waals surface area (Å²) in [5, 5.41) is 14.0. The van der Waals surface area contributed by atoms with Gasteiger partial charge in [0.2, 0.25) is 0 Å². The van der Waals surface area contributed by atoms with Gasteiger partial charge in [-0.3, -0.25) is 9.59 Å². The third-order valence-electron chi connectivity index (χ3n) is 3.91. The highest BCUT2D eigenvalue weighted by Crippen LogP contribution is 2.20. The van der Waals surface area contributed by atoms with Crippen molar-refractivity contribution in [2.75, 3.05) is 18.4 Å². The minimum Gasteiger partial charge on any atom is -0.326 e. The average molecular weight is 454 g/mol. The number of aromatic amines is 1. The van der Waals surface area contributed by atoms with Crippen LogP contribution in [0.25, 0.3) is 0 Å². The summed E-state index contributed by atoms with van der Waals surface area (Å²) in [5.41, 5.74) is 0.744. The van der Waals surface area contributed by atoms with Gasteiger partial charge in [-0.2, -0.15) is 0 Å². The lowest BCUT2D eigenvalue weighted by molar-refractivity contribution is 0.102. The van der Waals surface area contributed by atoms with Crippen molar-refractivity contribution in [2.45, 2.75) is 25.8 Å². The van der Waals surface area contributed by atoms with E-state index in [1.807, 2.05) is 6.92 Å². The number of hydrogen-bond donors (Lipinski definition) is 3. The van der Waals surface area contributed by atoms with Crippen molar-refractivity contribution in [1.29, 1.82) is 0 Å². The number of nitrogens with one attached hydrogen (secondary N) is 3. The number of amides is 1. The third kappa shape index (κ3) is 4.81. The molecule has 0 aliphatic carbocycles. The average Bonchev–Trinajstić information content (AvgIpc) is 2.93. The molecule has 1 amide bonds. The Morgan fingerprint density at radius 1 is 1.36 bits per heavy atom. The Bertz CT molecular complexity index is 788. The zero-order chi connectivity index (χ0) is 16.4. The summed E-state index contributed by atoms with van der Waals surface area (Å²) in [6.45, 7) is 3.68. The fraction of sp³-hybridized carbons (Fsp3) is 0.429. The van der Waals surface area contributed by atoms with E-state index >= 15 is 0 Å². The lowest BCUT2D eigenvalue weighted by Gasteiger charge is -2.23. The minimum absolute atomic E-state index is 0. The van der Waals surface area contributed by atoms with Crippen LogP contribution in [0.5, 0.6) is 0 Å². The van der Waals surface area contributed by atoms with Gasteiger partial charge in [0.15, 0.2) is 5.69 Å². The second-order valence-electron chi connectivity index (χ2n) is 5.46. The van der Waals surface area contributed by atoms with E-state index in [2.05, 4.69) is 41.9 Å². The summed E-state index contributed by atoms with van der Waals surface area (Å²) < 4.78 is 2.48. The van der Waals surface area contributed by atoms with Gasteiger partial charge in [-0.05, 0) is 54.9 Å². The van der Waals surface area contributed by atoms with Crippen LogP contribution in [-0.4, -0.2) is 39.0 Å². The molecule has 0 radical (unpaired) electrons. The van der Waals surface area contributed by atoms with Gasteiger partial charge in [-0.15, -0.1) is 29.9 Å². The molecule has 25 heavy (non-hydrogen) atoms. The van der Waals surface area contributed by atoms with E-state index in [0.29, 0.717) is 10.2 Å². The number of piperidine rings is 1. The van der Waals surface area contributed by atoms with Crippen LogP contribution in [-0.2, 0) is 0 Å². The van der Waals surface area contributed by atoms with Crippen molar-refractivity contribution >= 4 is 52.3 Å². The van der Waals surface area contributed by atoms with Gasteiger partial charge in [-0.25, -0.2) is 4.68 Å². The topological polar surface area (TPSA) is 105 Å². The zero-order valence-electron chi connectivity index (χ0n) is 13.4. The molecule has 0 saturated carbocycles. The normalized spacial score (nSPS) is 14.3. The highest BCUT2D eigenvalue weighted by atomic mass is 79.9. The molecule has 0 bridgehead atoms. The summed E-state index contributed by atoms with van der Waals surface area (Å²) in [5.74, 6) is -0.439. The van der Waals surface area contributed by atoms with Crippen LogP contribution in [0.4, 0.5) is 5.69 Å². The summed E-state index contributed by atoms with van der Waals surface area (Å²) in [6, 6.07) is 1.79. The van der Waals surface area contributed by atoms with E-state index in [4.69, 9.17) is 0 Å². The molecule has 1 aliphatic heterocycles. The molecule has 8 nitrogen and oxygen atoms in total. The number of H-pyrrole nitrogens is 1. The van der Waals surface area contributed by atoms with Crippen molar-refractivity contribution in [2.24, 2.45) is 0 Å². The van der Waals surface area contributed by atoms with Crippen LogP contribution >= 0.6 is 40.7 Å². The van der Waals surface area contributed by atoms with E-state index in [1.54, 1.807) is 10.7 Å². The maximum absolute atomic E-state index is 12.4. The van der Waals surface area contributed by atoms with Crippen LogP contribution < -0.4 is 16.2 Å². The minimum atomic E-state index is -0.439. The molecule has 138 valence electrons. The van der Waals surface area contributed by atoms with Gasteiger partial charge in [-0.1, -0.05) is 5.21 Å². The molecule has 2 aromatic rings. The number of carbonyl (C=O) groups excluding carboxylic acids is 1. The first-order valence-electron chi connectivity index (χ1n) is 7.38. The molecular weight excluding hydrogens is 435 g/mol. The Morgan fingerprint density at radius 3 is 2.72 bits per heavy atom. The van der Waals surface area contributed by atoms with Crippen LogP contribution in [0.15, 0.2) is 21.5 Å². The Balaban J connectivity index is 0.00000156. The van der Waals surface area contributed by atoms with Gasteiger partial charge in [0, 0.05) is 10.7 Å². The van der Waals surface area contributed by atoms with Crippen molar-refractivity contribution in [3.8, 4) is 0 Å². The molecule has 11 heteroatoms. The quantitative estimate of drug-likeness (QED) is 0.659. The fourth-order valence-electron chi connectivity index (χ4n) is 2.68. The van der Waals surface area contributed by atoms with Crippen LogP contribution in [0, 0.1) is 6.92 Å². The summed E-state index contributed by atoms with van der Waals surface area (Å²) in [6.07, 6.45) is 3.42. The molecule has 1 fully saturated rings. The van der Waals surface area contributed by atoms with Crippen molar-refractivity contribution in [3.63, 3.8) is 0 Å². The van der Waals surface area contributed by atoms with Crippen molar-refractivity contribution in [3.05, 3.63) is 38.5 Å². The molecule has 3 rings (SSSR count). The first kappa shape index (κ1) is 21.6. The first-order chi connectivity index (χ1) is 11.1. The molecule has 2 aromatic heterocycles. The molecule has 3 N–H and O–H groups in total. The maximum atomic E-state index is 12.4. The van der Waals surface area contributed by atoms with Gasteiger partial charge >= 0.3 is 0 Å². The van der Waals surface area contributed by atoms with Crippen molar-refractivity contribution < 1.29 is 4.79 Å². The molecule has 0 atom stereocenters. The largest absolute Gasteiger partial charge is 0.326 e. The summed E-state index contributed by atoms with van der Waals surface area (Å²) >= 11 is 3.25. The Labute approximate surface area is 165 Å². The number of aromatic nitrogens is 4. The lowest BCUT2D eigenvalue weighted by atomic mass is 10.1. The molecule has 0 aromatic carbocycles. The number of hydrogen-bond acceptors (Lipinski definition) is 5. The molecule has 1 saturated heterocycles. The number of pyridine rings is 1. The highest BCUT2D eigenvalue weighted by Gasteiger charge is 2.23. The van der Waals surface area contributed by atoms with E-state index < -0.39 is 5.91 Å². The lowest BCUT2D eigenvalue weighted by Crippen LogP contribution is -2.30. The number of halogens is 3. The van der Waals surface area contributed by atoms with Gasteiger partial charge in [0.25, 0.3) is 11.5 Å². The molecule has 3 heterocycles. The van der Waals surface area contributed by atoms with E-state index in [0.717, 1.165) is 25.9 Å². The smallest absolute Gasteiger partial charge is 0.278 e. The molecule has 0 spiro atoms. The van der Waals surface area contributed by atoms with E-state index in [-0.39, 0.29) is 47.8 Å². The Kier molecular flexibility index (Phi) is 8.07. The standard InChI is InChI=1S/C14H17BrN6O2.2ClH/c1-8-12(19-20-21(8)10-2-4-16-5-3-10)14(23)18-11-6-9(15)7-17-13(11)22;;/h6-7,10,16H,2-5H2,1H3,(H,17,22)(H,18,23);2*1H. The molecule has 1 aliphatic rings. The Hall–Kier alpha value is -1.42. The van der Waals surface area contributed by atoms with Crippen LogP contribution in [0.2, 0.25) is 0 Å². The monoisotopic (exact) mass is 452 g/mol. The first-order valence-corrected chi connectivity index (χ1v) is 8.17. The van der Waals surface area contributed by atoms with Gasteiger partial charge in [0.1, 0.15) is 5.69 Å². The van der Waals surface area contributed by atoms with Gasteiger partial charge in [0.05, 0.1) is 11.7 Å². The van der Waals surface area contributed by atoms with E-state index in [9.17, 15) is 9.59 Å². The molecular formula is C14H19BrCl2N6O2. The SMILES string of the molecule is Cc1c(C(=O)Nc2cc(Br)c[nH]c2=O)nnn1C1CCNCC1.Cl.Cl. The number of carbonyl (C=O) groups is 1. The third-order valence-corrected chi connectivity index (χ3v) is 4.37. The number of anilines is 1. The predicted octanol–water partition coefficient (Wildman–Crippen LogP) is 2.06. The number of nitrogens with zero attached hydrogens (tertiary/aromatic N) is 3. The predicted molar refractivity (Wildman–Crippen MR) is 103 cm³/mol. The fourth-order valence-corrected chi connectivity index (χ4v) is 3.02. The van der Waals surface area contributed by atoms with Gasteiger partial charge < -0.3 is 15.6 Å². The summed E-state index contributed by atoms with van der Waals surface area (Å²) in [7, 11) is 0. The maximum Gasteiger partial charge on any atom is 0.278 e. The van der Waals surface area contributed by atoms with Crippen molar-refractivity contribution in [1.82, 2.24) is 25.3 Å². The number of rotatable bonds is 3. The Morgan fingerprint density at radius 2 is 2.04 bits per heavy atom. The van der Waals surface area contributed by atoms with E-state index in [1.165, 1.54) is 6.20 Å². The zero-order valence-corrected chi connectivity index (χ0v) is 16.6. The van der Waals surface area contributed by atoms with Crippen LogP contribution in [0.1, 0.15) is 35.1 Å². The van der Waals surface area contributed by atoms with Crippen LogP contribution in [0.3, 0.4) is 0 Å².